The zero-order chi connectivity index (χ0) is 14.1. The Morgan fingerprint density at radius 2 is 2.20 bits per heavy atom. The number of aromatic amines is 1. The van der Waals surface area contributed by atoms with Gasteiger partial charge in [-0.15, -0.1) is 5.10 Å². The van der Waals surface area contributed by atoms with Gasteiger partial charge in [0, 0.05) is 16.6 Å². The van der Waals surface area contributed by atoms with Crippen LogP contribution in [-0.4, -0.2) is 19.8 Å². The SMILES string of the molecule is O=c1[nH]nc2ccc(NCc3cc(Br)ccc3F)nn12. The summed E-state index contributed by atoms with van der Waals surface area (Å²) in [5.41, 5.74) is 0.507. The Kier molecular flexibility index (Phi) is 3.23. The van der Waals surface area contributed by atoms with E-state index in [1.807, 2.05) is 0 Å². The van der Waals surface area contributed by atoms with Gasteiger partial charge in [-0.1, -0.05) is 15.9 Å². The molecule has 2 N–H and O–H groups in total. The highest BCUT2D eigenvalue weighted by Gasteiger charge is 2.05. The molecule has 0 amide bonds. The van der Waals surface area contributed by atoms with Crippen LogP contribution in [0.2, 0.25) is 0 Å². The van der Waals surface area contributed by atoms with E-state index >= 15 is 0 Å². The van der Waals surface area contributed by atoms with E-state index in [2.05, 4.69) is 36.5 Å². The number of hydrogen-bond donors (Lipinski definition) is 2. The van der Waals surface area contributed by atoms with Crippen LogP contribution in [-0.2, 0) is 6.54 Å². The summed E-state index contributed by atoms with van der Waals surface area (Å²) in [7, 11) is 0. The van der Waals surface area contributed by atoms with Crippen molar-refractivity contribution < 1.29 is 4.39 Å². The molecule has 6 nitrogen and oxygen atoms in total. The van der Waals surface area contributed by atoms with Gasteiger partial charge in [0.1, 0.15) is 11.6 Å². The number of anilines is 1. The number of rotatable bonds is 3. The summed E-state index contributed by atoms with van der Waals surface area (Å²) >= 11 is 3.29. The Morgan fingerprint density at radius 3 is 3.05 bits per heavy atom. The monoisotopic (exact) mass is 337 g/mol. The molecule has 3 rings (SSSR count). The van der Waals surface area contributed by atoms with Crippen LogP contribution in [0, 0.1) is 5.82 Å². The average molecular weight is 338 g/mol. The summed E-state index contributed by atoms with van der Waals surface area (Å²) in [6.45, 7) is 0.260. The van der Waals surface area contributed by atoms with Gasteiger partial charge in [0.05, 0.1) is 0 Å². The minimum absolute atomic E-state index is 0.260. The summed E-state index contributed by atoms with van der Waals surface area (Å²) < 4.78 is 15.5. The van der Waals surface area contributed by atoms with Crippen LogP contribution < -0.4 is 11.0 Å². The number of H-pyrrole nitrogens is 1. The quantitative estimate of drug-likeness (QED) is 0.765. The van der Waals surface area contributed by atoms with Crippen LogP contribution in [0.5, 0.6) is 0 Å². The van der Waals surface area contributed by atoms with Crippen LogP contribution >= 0.6 is 15.9 Å². The maximum absolute atomic E-state index is 13.6. The summed E-state index contributed by atoms with van der Waals surface area (Å²) in [4.78, 5) is 11.4. The van der Waals surface area contributed by atoms with Gasteiger partial charge < -0.3 is 5.32 Å². The molecule has 2 aromatic heterocycles. The molecule has 0 bridgehead atoms. The maximum Gasteiger partial charge on any atom is 0.364 e. The predicted molar refractivity (Wildman–Crippen MR) is 75.0 cm³/mol. The first-order chi connectivity index (χ1) is 9.63. The number of nitrogens with one attached hydrogen (secondary N) is 2. The zero-order valence-electron chi connectivity index (χ0n) is 10.1. The van der Waals surface area contributed by atoms with Gasteiger partial charge in [-0.3, -0.25) is 0 Å². The maximum atomic E-state index is 13.6. The van der Waals surface area contributed by atoms with Crippen molar-refractivity contribution >= 4 is 27.4 Å². The van der Waals surface area contributed by atoms with E-state index in [4.69, 9.17) is 0 Å². The van der Waals surface area contributed by atoms with E-state index < -0.39 is 5.69 Å². The second-order valence-electron chi connectivity index (χ2n) is 4.11. The van der Waals surface area contributed by atoms with Crippen LogP contribution in [0.3, 0.4) is 0 Å². The fourth-order valence-corrected chi connectivity index (χ4v) is 2.17. The molecule has 2 heterocycles. The third kappa shape index (κ3) is 2.42. The summed E-state index contributed by atoms with van der Waals surface area (Å²) in [5.74, 6) is 0.155. The van der Waals surface area contributed by atoms with Crippen LogP contribution in [0.15, 0.2) is 39.6 Å². The summed E-state index contributed by atoms with van der Waals surface area (Å²) in [6, 6.07) is 8.02. The molecule has 0 aliphatic carbocycles. The molecule has 0 fully saturated rings. The first-order valence-electron chi connectivity index (χ1n) is 5.76. The molecule has 0 unspecified atom stereocenters. The van der Waals surface area contributed by atoms with Gasteiger partial charge in [0.15, 0.2) is 5.65 Å². The largest absolute Gasteiger partial charge is 0.364 e. The second-order valence-corrected chi connectivity index (χ2v) is 5.02. The molecule has 1 aromatic carbocycles. The Labute approximate surface area is 120 Å². The predicted octanol–water partition coefficient (Wildman–Crippen LogP) is 1.93. The molecular weight excluding hydrogens is 329 g/mol. The van der Waals surface area contributed by atoms with Gasteiger partial charge in [-0.25, -0.2) is 14.3 Å². The van der Waals surface area contributed by atoms with Crippen molar-refractivity contribution in [1.82, 2.24) is 19.8 Å². The molecule has 0 spiro atoms. The van der Waals surface area contributed by atoms with E-state index in [1.54, 1.807) is 24.3 Å². The van der Waals surface area contributed by atoms with Crippen molar-refractivity contribution in [3.05, 3.63) is 56.7 Å². The standard InChI is InChI=1S/C12H9BrFN5O/c13-8-1-2-9(14)7(5-8)6-15-10-3-4-11-16-17-12(20)19(11)18-10/h1-5H,6H2,(H,15,18)(H,17,20). The third-order valence-electron chi connectivity index (χ3n) is 2.74. The van der Waals surface area contributed by atoms with Crippen molar-refractivity contribution in [3.8, 4) is 0 Å². The fourth-order valence-electron chi connectivity index (χ4n) is 1.76. The van der Waals surface area contributed by atoms with Gasteiger partial charge in [0.25, 0.3) is 0 Å². The molecule has 3 aromatic rings. The Bertz CT molecular complexity index is 828. The van der Waals surface area contributed by atoms with E-state index in [9.17, 15) is 9.18 Å². The lowest BCUT2D eigenvalue weighted by Gasteiger charge is -2.07. The molecule has 20 heavy (non-hydrogen) atoms. The third-order valence-corrected chi connectivity index (χ3v) is 3.23. The van der Waals surface area contributed by atoms with Crippen LogP contribution in [0.25, 0.3) is 5.65 Å². The normalized spacial score (nSPS) is 10.9. The molecule has 0 saturated heterocycles. The Balaban J connectivity index is 1.84. The lowest BCUT2D eigenvalue weighted by molar-refractivity contribution is 0.612. The number of hydrogen-bond acceptors (Lipinski definition) is 4. The van der Waals surface area contributed by atoms with Gasteiger partial charge in [-0.2, -0.15) is 9.61 Å². The minimum atomic E-state index is -0.419. The zero-order valence-corrected chi connectivity index (χ0v) is 11.7. The summed E-state index contributed by atoms with van der Waals surface area (Å²) in [5, 5.41) is 13.1. The number of halogens is 2. The molecule has 8 heteroatoms. The van der Waals surface area contributed by atoms with Gasteiger partial charge >= 0.3 is 5.69 Å². The number of fused-ring (bicyclic) bond motifs is 1. The molecular formula is C12H9BrFN5O. The van der Waals surface area contributed by atoms with Crippen LogP contribution in [0.4, 0.5) is 10.2 Å². The average Bonchev–Trinajstić information content (AvgIpc) is 2.81. The van der Waals surface area contributed by atoms with E-state index in [0.717, 1.165) is 8.99 Å². The number of nitrogens with zero attached hydrogens (tertiary/aromatic N) is 3. The number of benzene rings is 1. The molecule has 0 radical (unpaired) electrons. The first-order valence-corrected chi connectivity index (χ1v) is 6.55. The molecule has 0 atom stereocenters. The van der Waals surface area contributed by atoms with E-state index in [-0.39, 0.29) is 12.4 Å². The highest BCUT2D eigenvalue weighted by Crippen LogP contribution is 2.16. The summed E-state index contributed by atoms with van der Waals surface area (Å²) in [6.07, 6.45) is 0. The first kappa shape index (κ1) is 12.8. The van der Waals surface area contributed by atoms with Crippen molar-refractivity contribution in [3.63, 3.8) is 0 Å². The van der Waals surface area contributed by atoms with Crippen molar-refractivity contribution in [2.24, 2.45) is 0 Å². The Hall–Kier alpha value is -2.22. The topological polar surface area (TPSA) is 75.1 Å². The minimum Gasteiger partial charge on any atom is -0.364 e. The highest BCUT2D eigenvalue weighted by atomic mass is 79.9. The van der Waals surface area contributed by atoms with E-state index in [1.165, 1.54) is 6.07 Å². The molecule has 102 valence electrons. The van der Waals surface area contributed by atoms with Crippen LogP contribution in [0.1, 0.15) is 5.56 Å². The molecule has 0 saturated carbocycles. The lowest BCUT2D eigenvalue weighted by atomic mass is 10.2. The molecule has 0 aliphatic heterocycles. The van der Waals surface area contributed by atoms with Crippen molar-refractivity contribution in [1.29, 1.82) is 0 Å². The van der Waals surface area contributed by atoms with E-state index in [0.29, 0.717) is 17.0 Å². The van der Waals surface area contributed by atoms with Crippen molar-refractivity contribution in [2.45, 2.75) is 6.54 Å². The van der Waals surface area contributed by atoms with Crippen molar-refractivity contribution in [2.75, 3.05) is 5.32 Å². The molecule has 0 aliphatic rings. The smallest absolute Gasteiger partial charge is 0.364 e. The number of aromatic nitrogens is 4. The lowest BCUT2D eigenvalue weighted by Crippen LogP contribution is -2.14. The van der Waals surface area contributed by atoms with Gasteiger partial charge in [0.2, 0.25) is 0 Å². The van der Waals surface area contributed by atoms with Gasteiger partial charge in [-0.05, 0) is 30.3 Å². The Morgan fingerprint density at radius 1 is 1.35 bits per heavy atom. The highest BCUT2D eigenvalue weighted by molar-refractivity contribution is 9.10. The fraction of sp³-hybridized carbons (Fsp3) is 0.0833. The second kappa shape index (κ2) is 5.04.